The zero-order valence-electron chi connectivity index (χ0n) is 19.0. The molecule has 1 atom stereocenters. The Morgan fingerprint density at radius 3 is 2.89 bits per heavy atom. The van der Waals surface area contributed by atoms with Gasteiger partial charge in [-0.05, 0) is 48.7 Å². The number of benzene rings is 2. The molecule has 0 bridgehead atoms. The van der Waals surface area contributed by atoms with Crippen molar-refractivity contribution in [3.8, 4) is 6.07 Å². The zero-order valence-corrected chi connectivity index (χ0v) is 19.8. The van der Waals surface area contributed by atoms with E-state index in [0.29, 0.717) is 27.8 Å². The van der Waals surface area contributed by atoms with Crippen LogP contribution in [0.1, 0.15) is 24.0 Å². The molecule has 2 aromatic carbocycles. The first-order chi connectivity index (χ1) is 17.0. The van der Waals surface area contributed by atoms with Gasteiger partial charge in [-0.2, -0.15) is 10.2 Å². The van der Waals surface area contributed by atoms with Gasteiger partial charge in [0.05, 0.1) is 30.1 Å². The molecule has 0 radical (unpaired) electrons. The quantitative estimate of drug-likeness (QED) is 0.370. The fourth-order valence-corrected chi connectivity index (χ4v) is 4.24. The second-order valence-electron chi connectivity index (χ2n) is 8.16. The molecule has 4 rings (SSSR count). The van der Waals surface area contributed by atoms with E-state index in [1.807, 2.05) is 36.4 Å². The summed E-state index contributed by atoms with van der Waals surface area (Å²) in [6, 6.07) is 15.2. The van der Waals surface area contributed by atoms with E-state index in [9.17, 15) is 15.2 Å². The number of nitrogens with zero attached hydrogens (tertiary/aromatic N) is 4. The largest absolute Gasteiger partial charge is 0.394 e. The molecule has 0 amide bonds. The van der Waals surface area contributed by atoms with E-state index in [4.69, 9.17) is 11.6 Å². The van der Waals surface area contributed by atoms with E-state index in [-0.39, 0.29) is 30.8 Å². The van der Waals surface area contributed by atoms with Crippen LogP contribution in [0.4, 0.5) is 28.8 Å². The van der Waals surface area contributed by atoms with Gasteiger partial charge in [0.1, 0.15) is 11.1 Å². The van der Waals surface area contributed by atoms with Crippen molar-refractivity contribution in [2.24, 2.45) is 0 Å². The number of nitrogens with one attached hydrogen (secondary N) is 2. The number of hydrogen-bond acceptors (Lipinski definition) is 8. The van der Waals surface area contributed by atoms with Crippen molar-refractivity contribution >= 4 is 46.2 Å². The molecule has 1 aliphatic rings. The topological polar surface area (TPSA) is 114 Å². The van der Waals surface area contributed by atoms with Crippen LogP contribution in [0.25, 0.3) is 0 Å². The predicted octanol–water partition coefficient (Wildman–Crippen LogP) is 4.75. The maximum absolute atomic E-state index is 11.9. The minimum atomic E-state index is -0.0953. The molecule has 0 aliphatic carbocycles. The Labute approximate surface area is 208 Å². The van der Waals surface area contributed by atoms with Crippen LogP contribution >= 0.6 is 11.6 Å². The second-order valence-corrected chi connectivity index (χ2v) is 8.57. The van der Waals surface area contributed by atoms with Gasteiger partial charge < -0.3 is 20.6 Å². The van der Waals surface area contributed by atoms with E-state index in [1.54, 1.807) is 6.07 Å². The molecule has 1 aromatic heterocycles. The van der Waals surface area contributed by atoms with Crippen LogP contribution in [0.5, 0.6) is 0 Å². The van der Waals surface area contributed by atoms with Crippen molar-refractivity contribution in [2.45, 2.75) is 25.3 Å². The highest BCUT2D eigenvalue weighted by atomic mass is 35.5. The number of ketones is 1. The van der Waals surface area contributed by atoms with Crippen LogP contribution in [-0.2, 0) is 11.2 Å². The fraction of sp³-hybridized carbons (Fsp3) is 0.231. The molecule has 3 N–H and O–H groups in total. The number of carbonyl (C=O) groups excluding carboxylic acids is 1. The lowest BCUT2D eigenvalue weighted by molar-refractivity contribution is -0.114. The highest BCUT2D eigenvalue weighted by molar-refractivity contribution is 6.32. The Morgan fingerprint density at radius 2 is 2.11 bits per heavy atom. The number of para-hydroxylation sites is 1. The molecular weight excluding hydrogens is 464 g/mol. The third-order valence-corrected chi connectivity index (χ3v) is 6.17. The van der Waals surface area contributed by atoms with Crippen LogP contribution in [0.2, 0.25) is 5.02 Å². The summed E-state index contributed by atoms with van der Waals surface area (Å²) in [6.07, 6.45) is 4.89. The summed E-state index contributed by atoms with van der Waals surface area (Å²) in [5.74, 6) is 0.526. The van der Waals surface area contributed by atoms with Gasteiger partial charge in [-0.3, -0.25) is 4.79 Å². The minimum Gasteiger partial charge on any atom is -0.394 e. The Hall–Kier alpha value is -3.93. The summed E-state index contributed by atoms with van der Waals surface area (Å²) in [6.45, 7) is 4.46. The number of anilines is 5. The SMILES string of the molecule is C=CC(=O)Cc1ccccc1Nc1nc(Nc2ccc(N3CCC[C@@H]3CO)cc2C#N)ncc1Cl. The van der Waals surface area contributed by atoms with Crippen molar-refractivity contribution in [3.63, 3.8) is 0 Å². The molecule has 35 heavy (non-hydrogen) atoms. The first-order valence-electron chi connectivity index (χ1n) is 11.2. The number of hydrogen-bond donors (Lipinski definition) is 3. The molecule has 1 saturated heterocycles. The number of nitriles is 1. The standard InChI is InChI=1S/C26H25ClN6O2/c1-2-21(35)13-17-6-3-4-8-23(17)30-25-22(27)15-29-26(32-25)31-24-10-9-19(12-18(24)14-28)33-11-5-7-20(33)16-34/h2-4,6,8-10,12,15,20,34H,1,5,7,11,13,16H2,(H2,29,30,31,32)/t20-/m1/s1. The average molecular weight is 489 g/mol. The third kappa shape index (κ3) is 5.60. The zero-order chi connectivity index (χ0) is 24.8. The van der Waals surface area contributed by atoms with E-state index in [1.165, 1.54) is 12.3 Å². The van der Waals surface area contributed by atoms with Gasteiger partial charge in [0.2, 0.25) is 5.95 Å². The van der Waals surface area contributed by atoms with Crippen LogP contribution in [0.3, 0.4) is 0 Å². The first kappa shape index (κ1) is 24.2. The molecule has 9 heteroatoms. The Kier molecular flexibility index (Phi) is 7.60. The summed E-state index contributed by atoms with van der Waals surface area (Å²) in [7, 11) is 0. The molecule has 1 fully saturated rings. The van der Waals surface area contributed by atoms with Gasteiger partial charge in [-0.15, -0.1) is 0 Å². The molecular formula is C26H25ClN6O2. The van der Waals surface area contributed by atoms with Crippen molar-refractivity contribution in [1.82, 2.24) is 9.97 Å². The summed E-state index contributed by atoms with van der Waals surface area (Å²) >= 11 is 6.34. The first-order valence-corrected chi connectivity index (χ1v) is 11.6. The number of aliphatic hydroxyl groups is 1. The third-order valence-electron chi connectivity index (χ3n) is 5.90. The molecule has 1 aliphatic heterocycles. The van der Waals surface area contributed by atoms with Gasteiger partial charge >= 0.3 is 0 Å². The van der Waals surface area contributed by atoms with Crippen molar-refractivity contribution in [1.29, 1.82) is 5.26 Å². The number of allylic oxidation sites excluding steroid dienone is 1. The Morgan fingerprint density at radius 1 is 1.29 bits per heavy atom. The number of aromatic nitrogens is 2. The van der Waals surface area contributed by atoms with Crippen molar-refractivity contribution in [2.75, 3.05) is 28.7 Å². The number of carbonyl (C=O) groups is 1. The maximum Gasteiger partial charge on any atom is 0.229 e. The Balaban J connectivity index is 1.57. The lowest BCUT2D eigenvalue weighted by Crippen LogP contribution is -2.32. The molecule has 0 unspecified atom stereocenters. The summed E-state index contributed by atoms with van der Waals surface area (Å²) in [5.41, 5.74) is 3.37. The van der Waals surface area contributed by atoms with E-state index in [2.05, 4.69) is 38.1 Å². The molecule has 8 nitrogen and oxygen atoms in total. The fourth-order valence-electron chi connectivity index (χ4n) is 4.10. The van der Waals surface area contributed by atoms with Gasteiger partial charge in [-0.1, -0.05) is 36.4 Å². The highest BCUT2D eigenvalue weighted by Crippen LogP contribution is 2.31. The van der Waals surface area contributed by atoms with Crippen LogP contribution in [0.15, 0.2) is 61.3 Å². The predicted molar refractivity (Wildman–Crippen MR) is 138 cm³/mol. The van der Waals surface area contributed by atoms with Crippen molar-refractivity contribution in [3.05, 3.63) is 77.5 Å². The average Bonchev–Trinajstić information content (AvgIpc) is 3.36. The van der Waals surface area contributed by atoms with Crippen LogP contribution in [0, 0.1) is 11.3 Å². The lowest BCUT2D eigenvalue weighted by Gasteiger charge is -2.25. The van der Waals surface area contributed by atoms with Gasteiger partial charge in [-0.25, -0.2) is 4.98 Å². The monoisotopic (exact) mass is 488 g/mol. The van der Waals surface area contributed by atoms with Gasteiger partial charge in [0, 0.05) is 24.3 Å². The maximum atomic E-state index is 11.9. The van der Waals surface area contributed by atoms with E-state index < -0.39 is 0 Å². The smallest absolute Gasteiger partial charge is 0.229 e. The van der Waals surface area contributed by atoms with Gasteiger partial charge in [0.15, 0.2) is 11.6 Å². The number of halogens is 1. The van der Waals surface area contributed by atoms with E-state index in [0.717, 1.165) is 30.6 Å². The number of rotatable bonds is 9. The summed E-state index contributed by atoms with van der Waals surface area (Å²) in [5, 5.41) is 25.9. The van der Waals surface area contributed by atoms with Gasteiger partial charge in [0.25, 0.3) is 0 Å². The van der Waals surface area contributed by atoms with Crippen LogP contribution < -0.4 is 15.5 Å². The molecule has 2 heterocycles. The second kappa shape index (κ2) is 11.0. The highest BCUT2D eigenvalue weighted by Gasteiger charge is 2.24. The Bertz CT molecular complexity index is 1290. The summed E-state index contributed by atoms with van der Waals surface area (Å²) in [4.78, 5) is 22.7. The van der Waals surface area contributed by atoms with Crippen LogP contribution in [-0.4, -0.2) is 40.1 Å². The van der Waals surface area contributed by atoms with Crippen molar-refractivity contribution < 1.29 is 9.90 Å². The lowest BCUT2D eigenvalue weighted by atomic mass is 10.1. The molecule has 178 valence electrons. The molecule has 0 spiro atoms. The minimum absolute atomic E-state index is 0.0678. The normalized spacial score (nSPS) is 14.9. The van der Waals surface area contributed by atoms with E-state index >= 15 is 0 Å². The summed E-state index contributed by atoms with van der Waals surface area (Å²) < 4.78 is 0. The number of aliphatic hydroxyl groups excluding tert-OH is 1. The molecule has 0 saturated carbocycles. The molecule has 3 aromatic rings.